The van der Waals surface area contributed by atoms with Crippen molar-refractivity contribution in [2.75, 3.05) is 0 Å². The van der Waals surface area contributed by atoms with Gasteiger partial charge in [0.05, 0.1) is 12.4 Å². The van der Waals surface area contributed by atoms with Crippen LogP contribution in [0.3, 0.4) is 0 Å². The van der Waals surface area contributed by atoms with Gasteiger partial charge in [0.15, 0.2) is 0 Å². The van der Waals surface area contributed by atoms with Crippen LogP contribution in [0.2, 0.25) is 0 Å². The molecular weight excluding hydrogens is 190 g/mol. The molecule has 15 heavy (non-hydrogen) atoms. The highest BCUT2D eigenvalue weighted by atomic mass is 16.1. The van der Waals surface area contributed by atoms with E-state index in [1.165, 1.54) is 0 Å². The number of nitrogens with zero attached hydrogens (tertiary/aromatic N) is 2. The van der Waals surface area contributed by atoms with Gasteiger partial charge in [-0.1, -0.05) is 18.2 Å². The van der Waals surface area contributed by atoms with Gasteiger partial charge in [-0.3, -0.25) is 4.79 Å². The molecule has 0 saturated heterocycles. The van der Waals surface area contributed by atoms with Crippen molar-refractivity contribution in [2.45, 2.75) is 0 Å². The lowest BCUT2D eigenvalue weighted by Gasteiger charge is -2.04. The maximum atomic E-state index is 11.2. The number of rotatable bonds is 2. The van der Waals surface area contributed by atoms with Crippen LogP contribution < -0.4 is 5.73 Å². The number of carbonyl (C=O) groups excluding carboxylic acids is 1. The Balaban J connectivity index is 2.58. The summed E-state index contributed by atoms with van der Waals surface area (Å²) in [5.74, 6) is -0.442. The van der Waals surface area contributed by atoms with Crippen LogP contribution in [0.5, 0.6) is 0 Å². The molecular formula is C11H9N3O. The van der Waals surface area contributed by atoms with Crippen molar-refractivity contribution in [3.8, 4) is 11.1 Å². The molecule has 0 aliphatic heterocycles. The van der Waals surface area contributed by atoms with Crippen LogP contribution in [0, 0.1) is 0 Å². The fraction of sp³-hybridized carbons (Fsp3) is 0. The summed E-state index contributed by atoms with van der Waals surface area (Å²) in [6, 6.07) is 8.93. The minimum atomic E-state index is -0.442. The van der Waals surface area contributed by atoms with Crippen LogP contribution in [0.25, 0.3) is 11.1 Å². The molecule has 1 amide bonds. The molecule has 0 spiro atoms. The molecule has 4 heteroatoms. The maximum Gasteiger partial charge on any atom is 0.249 e. The lowest BCUT2D eigenvalue weighted by Crippen LogP contribution is -2.12. The average molecular weight is 199 g/mol. The van der Waals surface area contributed by atoms with Crippen molar-refractivity contribution >= 4 is 5.91 Å². The van der Waals surface area contributed by atoms with E-state index in [0.717, 1.165) is 11.1 Å². The lowest BCUT2D eigenvalue weighted by molar-refractivity contribution is 0.100. The molecule has 0 saturated carbocycles. The minimum Gasteiger partial charge on any atom is -0.366 e. The summed E-state index contributed by atoms with van der Waals surface area (Å²) >= 11 is 0. The van der Waals surface area contributed by atoms with Crippen molar-refractivity contribution in [2.24, 2.45) is 5.73 Å². The van der Waals surface area contributed by atoms with Crippen molar-refractivity contribution in [3.05, 3.63) is 48.3 Å². The van der Waals surface area contributed by atoms with Crippen molar-refractivity contribution in [1.29, 1.82) is 0 Å². The van der Waals surface area contributed by atoms with E-state index < -0.39 is 5.91 Å². The van der Waals surface area contributed by atoms with Crippen LogP contribution in [0.15, 0.2) is 42.7 Å². The largest absolute Gasteiger partial charge is 0.366 e. The highest BCUT2D eigenvalue weighted by Crippen LogP contribution is 2.21. The van der Waals surface area contributed by atoms with E-state index in [4.69, 9.17) is 5.73 Å². The van der Waals surface area contributed by atoms with E-state index in [0.29, 0.717) is 5.56 Å². The molecule has 2 aromatic rings. The monoisotopic (exact) mass is 199 g/mol. The molecule has 1 aromatic carbocycles. The van der Waals surface area contributed by atoms with Gasteiger partial charge in [-0.05, 0) is 17.7 Å². The number of hydrogen-bond acceptors (Lipinski definition) is 3. The van der Waals surface area contributed by atoms with Gasteiger partial charge in [0, 0.05) is 11.1 Å². The number of aromatic nitrogens is 2. The van der Waals surface area contributed by atoms with Crippen LogP contribution in [-0.4, -0.2) is 16.1 Å². The van der Waals surface area contributed by atoms with Crippen molar-refractivity contribution in [1.82, 2.24) is 10.2 Å². The van der Waals surface area contributed by atoms with E-state index in [9.17, 15) is 4.79 Å². The minimum absolute atomic E-state index is 0.442. The Morgan fingerprint density at radius 2 is 1.93 bits per heavy atom. The summed E-state index contributed by atoms with van der Waals surface area (Å²) in [6.45, 7) is 0. The highest BCUT2D eigenvalue weighted by molar-refractivity contribution is 5.99. The molecule has 0 atom stereocenters. The fourth-order valence-electron chi connectivity index (χ4n) is 1.40. The summed E-state index contributed by atoms with van der Waals surface area (Å²) < 4.78 is 0. The van der Waals surface area contributed by atoms with Crippen LogP contribution in [0.4, 0.5) is 0 Å². The number of hydrogen-bond donors (Lipinski definition) is 1. The zero-order valence-electron chi connectivity index (χ0n) is 7.92. The second-order valence-electron chi connectivity index (χ2n) is 3.04. The standard InChI is InChI=1S/C11H9N3O/c12-11(15)10-4-2-1-3-9(10)8-5-6-13-14-7-8/h1-7H,(H2,12,15). The molecule has 0 aliphatic carbocycles. The van der Waals surface area contributed by atoms with E-state index in [-0.39, 0.29) is 0 Å². The molecule has 0 unspecified atom stereocenters. The first-order chi connectivity index (χ1) is 7.29. The van der Waals surface area contributed by atoms with Gasteiger partial charge in [-0.25, -0.2) is 0 Å². The van der Waals surface area contributed by atoms with E-state index in [1.54, 1.807) is 30.6 Å². The van der Waals surface area contributed by atoms with E-state index >= 15 is 0 Å². The second kappa shape index (κ2) is 3.88. The van der Waals surface area contributed by atoms with Gasteiger partial charge in [0.25, 0.3) is 0 Å². The summed E-state index contributed by atoms with van der Waals surface area (Å²) in [6.07, 6.45) is 3.18. The SMILES string of the molecule is NC(=O)c1ccccc1-c1ccnnc1. The molecule has 2 rings (SSSR count). The van der Waals surface area contributed by atoms with Crippen LogP contribution >= 0.6 is 0 Å². The maximum absolute atomic E-state index is 11.2. The summed E-state index contributed by atoms with van der Waals surface area (Å²) in [5.41, 5.74) is 7.38. The number of benzene rings is 1. The first-order valence-corrected chi connectivity index (χ1v) is 4.45. The Kier molecular flexibility index (Phi) is 2.41. The first kappa shape index (κ1) is 9.33. The molecule has 0 fully saturated rings. The smallest absolute Gasteiger partial charge is 0.249 e. The molecule has 2 N–H and O–H groups in total. The molecule has 4 nitrogen and oxygen atoms in total. The predicted octanol–water partition coefficient (Wildman–Crippen LogP) is 1.24. The third-order valence-electron chi connectivity index (χ3n) is 2.09. The third-order valence-corrected chi connectivity index (χ3v) is 2.09. The zero-order valence-corrected chi connectivity index (χ0v) is 7.92. The lowest BCUT2D eigenvalue weighted by atomic mass is 10.0. The Bertz CT molecular complexity index is 482. The van der Waals surface area contributed by atoms with Gasteiger partial charge in [-0.2, -0.15) is 10.2 Å². The van der Waals surface area contributed by atoms with Gasteiger partial charge in [-0.15, -0.1) is 0 Å². The molecule has 74 valence electrons. The fourth-order valence-corrected chi connectivity index (χ4v) is 1.40. The highest BCUT2D eigenvalue weighted by Gasteiger charge is 2.08. The quantitative estimate of drug-likeness (QED) is 0.791. The van der Waals surface area contributed by atoms with Crippen molar-refractivity contribution in [3.63, 3.8) is 0 Å². The molecule has 1 heterocycles. The Labute approximate surface area is 86.8 Å². The van der Waals surface area contributed by atoms with Gasteiger partial charge in [0.2, 0.25) is 5.91 Å². The molecule has 0 radical (unpaired) electrons. The average Bonchev–Trinajstić information content (AvgIpc) is 2.30. The Hall–Kier alpha value is -2.23. The topological polar surface area (TPSA) is 68.9 Å². The summed E-state index contributed by atoms with van der Waals surface area (Å²) in [4.78, 5) is 11.2. The number of primary amides is 1. The molecule has 0 aliphatic rings. The van der Waals surface area contributed by atoms with Gasteiger partial charge in [0.1, 0.15) is 0 Å². The van der Waals surface area contributed by atoms with Crippen LogP contribution in [0.1, 0.15) is 10.4 Å². The second-order valence-corrected chi connectivity index (χ2v) is 3.04. The van der Waals surface area contributed by atoms with Gasteiger partial charge >= 0.3 is 0 Å². The van der Waals surface area contributed by atoms with E-state index in [1.807, 2.05) is 12.1 Å². The first-order valence-electron chi connectivity index (χ1n) is 4.45. The Morgan fingerprint density at radius 3 is 2.60 bits per heavy atom. The normalized spacial score (nSPS) is 9.87. The zero-order chi connectivity index (χ0) is 10.7. The molecule has 0 bridgehead atoms. The van der Waals surface area contributed by atoms with E-state index in [2.05, 4.69) is 10.2 Å². The third kappa shape index (κ3) is 1.83. The number of nitrogens with two attached hydrogens (primary N) is 1. The number of amides is 1. The number of carbonyl (C=O) groups is 1. The molecule has 1 aromatic heterocycles. The van der Waals surface area contributed by atoms with Gasteiger partial charge < -0.3 is 5.73 Å². The Morgan fingerprint density at radius 1 is 1.13 bits per heavy atom. The summed E-state index contributed by atoms with van der Waals surface area (Å²) in [7, 11) is 0. The predicted molar refractivity (Wildman–Crippen MR) is 56.0 cm³/mol. The van der Waals surface area contributed by atoms with Crippen molar-refractivity contribution < 1.29 is 4.79 Å². The van der Waals surface area contributed by atoms with Crippen LogP contribution in [-0.2, 0) is 0 Å². The summed E-state index contributed by atoms with van der Waals surface area (Å²) in [5, 5.41) is 7.44.